The Balaban J connectivity index is 1.49. The molecule has 2 heterocycles. The first kappa shape index (κ1) is 22.1. The minimum Gasteiger partial charge on any atom is -0.497 e. The average Bonchev–Trinajstić information content (AvgIpc) is 3.32. The summed E-state index contributed by atoms with van der Waals surface area (Å²) in [5.41, 5.74) is 9.44. The zero-order valence-electron chi connectivity index (χ0n) is 22.5. The van der Waals surface area contributed by atoms with Gasteiger partial charge in [-0.2, -0.15) is 0 Å². The molecule has 0 saturated heterocycles. The van der Waals surface area contributed by atoms with Gasteiger partial charge in [0.1, 0.15) is 11.5 Å². The van der Waals surface area contributed by atoms with Crippen LogP contribution in [0.4, 0.5) is 11.4 Å². The van der Waals surface area contributed by atoms with E-state index in [1.54, 1.807) is 14.2 Å². The number of benzene rings is 2. The van der Waals surface area contributed by atoms with Crippen molar-refractivity contribution in [3.63, 3.8) is 0 Å². The van der Waals surface area contributed by atoms with Gasteiger partial charge in [0.15, 0.2) is 0 Å². The highest BCUT2D eigenvalue weighted by atomic mass is 16.5. The molecule has 0 amide bonds. The number of allylic oxidation sites excluding steroid dienone is 4. The van der Waals surface area contributed by atoms with Crippen molar-refractivity contribution in [3.05, 3.63) is 70.8 Å². The van der Waals surface area contributed by atoms with Gasteiger partial charge in [-0.25, -0.2) is 0 Å². The van der Waals surface area contributed by atoms with Crippen molar-refractivity contribution < 1.29 is 9.47 Å². The van der Waals surface area contributed by atoms with Gasteiger partial charge in [-0.15, -0.1) is 0 Å². The van der Waals surface area contributed by atoms with Crippen LogP contribution >= 0.6 is 0 Å². The monoisotopic (exact) mass is 478 g/mol. The van der Waals surface area contributed by atoms with Gasteiger partial charge in [0.25, 0.3) is 0 Å². The fourth-order valence-corrected chi connectivity index (χ4v) is 9.35. The molecule has 2 aliphatic heterocycles. The second-order valence-corrected chi connectivity index (χ2v) is 12.3. The lowest BCUT2D eigenvalue weighted by Crippen LogP contribution is -2.75. The summed E-state index contributed by atoms with van der Waals surface area (Å²) in [5, 5.41) is 0. The molecule has 0 bridgehead atoms. The first-order valence-electron chi connectivity index (χ1n) is 13.0. The number of hydrogen-bond donors (Lipinski definition) is 0. The third-order valence-electron chi connectivity index (χ3n) is 10.8. The summed E-state index contributed by atoms with van der Waals surface area (Å²) in [5.74, 6) is 2.47. The summed E-state index contributed by atoms with van der Waals surface area (Å²) in [6.45, 7) is 14.4. The summed E-state index contributed by atoms with van der Waals surface area (Å²) in [6.07, 6.45) is 5.08. The van der Waals surface area contributed by atoms with E-state index in [0.29, 0.717) is 11.8 Å². The van der Waals surface area contributed by atoms with Crippen molar-refractivity contribution in [1.82, 2.24) is 0 Å². The Hall–Kier alpha value is -3.14. The van der Waals surface area contributed by atoms with Crippen LogP contribution in [0.15, 0.2) is 69.7 Å². The highest BCUT2D eigenvalue weighted by Crippen LogP contribution is 2.80. The van der Waals surface area contributed by atoms with Crippen LogP contribution in [-0.4, -0.2) is 25.6 Å². The van der Waals surface area contributed by atoms with E-state index in [1.165, 1.54) is 33.7 Å². The Morgan fingerprint density at radius 1 is 0.639 bits per heavy atom. The third kappa shape index (κ3) is 2.12. The summed E-state index contributed by atoms with van der Waals surface area (Å²) in [7, 11) is 3.45. The van der Waals surface area contributed by atoms with Crippen LogP contribution in [0.5, 0.6) is 11.5 Å². The molecule has 0 aromatic heterocycles. The molecule has 2 aromatic rings. The summed E-state index contributed by atoms with van der Waals surface area (Å²) in [4.78, 5) is 10.5. The molecule has 0 unspecified atom stereocenters. The van der Waals surface area contributed by atoms with Crippen molar-refractivity contribution in [3.8, 4) is 11.5 Å². The first-order valence-corrected chi connectivity index (χ1v) is 13.0. The largest absolute Gasteiger partial charge is 0.497 e. The quantitative estimate of drug-likeness (QED) is 0.455. The Kier molecular flexibility index (Phi) is 3.93. The molecule has 5 aliphatic rings. The van der Waals surface area contributed by atoms with Crippen LogP contribution in [0, 0.1) is 22.7 Å². The van der Waals surface area contributed by atoms with Crippen molar-refractivity contribution in [2.24, 2.45) is 32.7 Å². The molecular weight excluding hydrogens is 444 g/mol. The Bertz CT molecular complexity index is 1400. The third-order valence-corrected chi connectivity index (χ3v) is 10.8. The lowest BCUT2D eigenvalue weighted by Gasteiger charge is -2.76. The van der Waals surface area contributed by atoms with E-state index in [0.717, 1.165) is 22.9 Å². The smallest absolute Gasteiger partial charge is 0.121 e. The topological polar surface area (TPSA) is 43.2 Å². The standard InChI is InChI=1S/C32H34N2O2/c1-17-15-29(3)25(31(5)21-11-9-19(35-7)13-23(21)33-27(17)31)26-30(29,4)16-18(2)28-32(26,6)22-12-10-20(36-8)14-24(22)34-28/h9-16,25-26H,1-8H3/t25-,26-,29-,30-,31-,32-/m1/s1. The van der Waals surface area contributed by atoms with E-state index >= 15 is 0 Å². The van der Waals surface area contributed by atoms with Gasteiger partial charge < -0.3 is 9.47 Å². The number of methoxy groups -OCH3 is 2. The predicted molar refractivity (Wildman–Crippen MR) is 146 cm³/mol. The van der Waals surface area contributed by atoms with Gasteiger partial charge in [0.2, 0.25) is 0 Å². The maximum Gasteiger partial charge on any atom is 0.121 e. The molecule has 7 rings (SSSR count). The van der Waals surface area contributed by atoms with E-state index < -0.39 is 0 Å². The summed E-state index contributed by atoms with van der Waals surface area (Å²) in [6, 6.07) is 12.9. The van der Waals surface area contributed by atoms with Crippen LogP contribution in [0.2, 0.25) is 0 Å². The first-order chi connectivity index (χ1) is 17.0. The van der Waals surface area contributed by atoms with Gasteiger partial charge in [-0.05, 0) is 84.8 Å². The fraction of sp³-hybridized carbons (Fsp3) is 0.438. The molecule has 0 spiro atoms. The fourth-order valence-electron chi connectivity index (χ4n) is 9.35. The van der Waals surface area contributed by atoms with E-state index in [1.807, 2.05) is 0 Å². The Morgan fingerprint density at radius 3 is 1.39 bits per heavy atom. The van der Waals surface area contributed by atoms with Gasteiger partial charge >= 0.3 is 0 Å². The summed E-state index contributed by atoms with van der Waals surface area (Å²) < 4.78 is 11.1. The molecular formula is C32H34N2O2. The van der Waals surface area contributed by atoms with Crippen LogP contribution in [0.25, 0.3) is 0 Å². The van der Waals surface area contributed by atoms with Crippen molar-refractivity contribution in [2.75, 3.05) is 14.2 Å². The van der Waals surface area contributed by atoms with E-state index in [9.17, 15) is 0 Å². The molecule has 184 valence electrons. The predicted octanol–water partition coefficient (Wildman–Crippen LogP) is 7.27. The van der Waals surface area contributed by atoms with Crippen LogP contribution in [0.1, 0.15) is 52.7 Å². The lowest BCUT2D eigenvalue weighted by atomic mass is 9.26. The molecule has 0 radical (unpaired) electrons. The van der Waals surface area contributed by atoms with Crippen molar-refractivity contribution in [2.45, 2.75) is 52.4 Å². The molecule has 1 fully saturated rings. The van der Waals surface area contributed by atoms with Gasteiger partial charge in [0.05, 0.1) is 37.0 Å². The highest BCUT2D eigenvalue weighted by Gasteiger charge is 2.78. The number of fused-ring (bicyclic) bond motifs is 12. The maximum atomic E-state index is 5.56. The number of hydrogen-bond acceptors (Lipinski definition) is 4. The molecule has 3 aliphatic carbocycles. The van der Waals surface area contributed by atoms with Crippen LogP contribution in [0.3, 0.4) is 0 Å². The molecule has 2 aromatic carbocycles. The SMILES string of the molecule is COc1ccc2c(c1)N=C1C(C)=C[C@]3(C)[C@@H]([C@H]4[C@]5(C)C(=Nc6cc(OC)ccc65)C(C)=C[C@]43C)[C@]12C. The summed E-state index contributed by atoms with van der Waals surface area (Å²) >= 11 is 0. The van der Waals surface area contributed by atoms with E-state index in [-0.39, 0.29) is 21.7 Å². The molecule has 4 heteroatoms. The zero-order chi connectivity index (χ0) is 25.4. The van der Waals surface area contributed by atoms with Gasteiger partial charge in [-0.3, -0.25) is 9.98 Å². The number of rotatable bonds is 2. The van der Waals surface area contributed by atoms with Crippen molar-refractivity contribution in [1.29, 1.82) is 0 Å². The van der Waals surface area contributed by atoms with E-state index in [4.69, 9.17) is 19.5 Å². The number of ether oxygens (including phenoxy) is 2. The van der Waals surface area contributed by atoms with Crippen molar-refractivity contribution >= 4 is 22.8 Å². The van der Waals surface area contributed by atoms with E-state index in [2.05, 4.69) is 90.1 Å². The molecule has 4 nitrogen and oxygen atoms in total. The number of nitrogens with zero attached hydrogens (tertiary/aromatic N) is 2. The second kappa shape index (κ2) is 6.40. The van der Waals surface area contributed by atoms with Crippen LogP contribution in [-0.2, 0) is 10.8 Å². The minimum atomic E-state index is -0.179. The molecule has 0 N–H and O–H groups in total. The molecule has 6 atom stereocenters. The Labute approximate surface area is 213 Å². The molecule has 1 saturated carbocycles. The maximum absolute atomic E-state index is 5.56. The van der Waals surface area contributed by atoms with Crippen LogP contribution < -0.4 is 9.47 Å². The zero-order valence-corrected chi connectivity index (χ0v) is 22.5. The number of aliphatic imine (C=N–C) groups is 2. The Morgan fingerprint density at radius 2 is 1.03 bits per heavy atom. The van der Waals surface area contributed by atoms with Gasteiger partial charge in [-0.1, -0.05) is 38.1 Å². The molecule has 36 heavy (non-hydrogen) atoms. The minimum absolute atomic E-state index is 0.00206. The normalized spacial score (nSPS) is 38.6. The lowest BCUT2D eigenvalue weighted by molar-refractivity contribution is -0.171. The average molecular weight is 479 g/mol. The second-order valence-electron chi connectivity index (χ2n) is 12.3. The van der Waals surface area contributed by atoms with Gasteiger partial charge in [0, 0.05) is 23.0 Å². The highest BCUT2D eigenvalue weighted by molar-refractivity contribution is 6.16.